The zero-order valence-electron chi connectivity index (χ0n) is 12.1. The van der Waals surface area contributed by atoms with Crippen molar-refractivity contribution in [1.29, 1.82) is 0 Å². The number of amides is 1. The van der Waals surface area contributed by atoms with Gasteiger partial charge in [-0.05, 0) is 24.3 Å². The van der Waals surface area contributed by atoms with E-state index in [1.54, 1.807) is 24.4 Å². The van der Waals surface area contributed by atoms with E-state index in [-0.39, 0.29) is 5.82 Å². The summed E-state index contributed by atoms with van der Waals surface area (Å²) in [6.45, 7) is 0. The first-order valence-corrected chi connectivity index (χ1v) is 6.64. The van der Waals surface area contributed by atoms with Gasteiger partial charge in [0.2, 0.25) is 6.41 Å². The van der Waals surface area contributed by atoms with Gasteiger partial charge in [-0.15, -0.1) is 0 Å². The minimum atomic E-state index is -0.357. The molecule has 0 saturated heterocycles. The van der Waals surface area contributed by atoms with Crippen LogP contribution < -0.4 is 10.1 Å². The summed E-state index contributed by atoms with van der Waals surface area (Å²) < 4.78 is 21.4. The normalized spacial score (nSPS) is 10.7. The van der Waals surface area contributed by atoms with E-state index < -0.39 is 0 Å². The second kappa shape index (κ2) is 5.48. The molecule has 22 heavy (non-hydrogen) atoms. The Balaban J connectivity index is 2.24. The van der Waals surface area contributed by atoms with Gasteiger partial charge in [0, 0.05) is 12.4 Å². The first-order chi connectivity index (χ1) is 10.7. The standard InChI is InChI=1S/C16H14FN3O2/c1-20-12(16-11(17)4-3-5-14(16)22-2)6-10-7-15(19-9-21)18-8-13(10)20/h3-9H,1-2H3,(H,18,19,21). The molecular formula is C16H14FN3O2. The van der Waals surface area contributed by atoms with Crippen molar-refractivity contribution in [2.75, 3.05) is 12.4 Å². The average Bonchev–Trinajstić information content (AvgIpc) is 2.83. The van der Waals surface area contributed by atoms with Crippen molar-refractivity contribution in [2.45, 2.75) is 0 Å². The number of hydrogen-bond acceptors (Lipinski definition) is 3. The summed E-state index contributed by atoms with van der Waals surface area (Å²) in [6, 6.07) is 8.29. The van der Waals surface area contributed by atoms with Crippen molar-refractivity contribution in [1.82, 2.24) is 9.55 Å². The van der Waals surface area contributed by atoms with E-state index in [1.807, 2.05) is 17.7 Å². The molecule has 6 heteroatoms. The molecule has 1 amide bonds. The molecule has 0 aliphatic carbocycles. The molecule has 0 bridgehead atoms. The lowest BCUT2D eigenvalue weighted by molar-refractivity contribution is -0.105. The molecule has 5 nitrogen and oxygen atoms in total. The molecule has 0 fully saturated rings. The summed E-state index contributed by atoms with van der Waals surface area (Å²) in [6.07, 6.45) is 2.20. The van der Waals surface area contributed by atoms with E-state index in [4.69, 9.17) is 4.74 Å². The Kier molecular flexibility index (Phi) is 3.50. The third kappa shape index (κ3) is 2.18. The van der Waals surface area contributed by atoms with E-state index in [9.17, 15) is 9.18 Å². The van der Waals surface area contributed by atoms with Crippen LogP contribution in [0.4, 0.5) is 10.2 Å². The maximum absolute atomic E-state index is 14.3. The van der Waals surface area contributed by atoms with Gasteiger partial charge in [-0.2, -0.15) is 0 Å². The van der Waals surface area contributed by atoms with Gasteiger partial charge < -0.3 is 14.6 Å². The minimum Gasteiger partial charge on any atom is -0.496 e. The van der Waals surface area contributed by atoms with Crippen LogP contribution in [-0.4, -0.2) is 23.1 Å². The number of pyridine rings is 1. The van der Waals surface area contributed by atoms with Gasteiger partial charge in [-0.1, -0.05) is 6.07 Å². The predicted octanol–water partition coefficient (Wildman–Crippen LogP) is 2.96. The van der Waals surface area contributed by atoms with Crippen molar-refractivity contribution >= 4 is 23.1 Å². The number of anilines is 1. The molecule has 0 aliphatic heterocycles. The molecule has 0 aliphatic rings. The van der Waals surface area contributed by atoms with Crippen LogP contribution in [0.1, 0.15) is 0 Å². The second-order valence-corrected chi connectivity index (χ2v) is 4.80. The molecule has 2 aromatic heterocycles. The lowest BCUT2D eigenvalue weighted by atomic mass is 10.1. The molecule has 1 aromatic carbocycles. The van der Waals surface area contributed by atoms with Gasteiger partial charge in [-0.3, -0.25) is 4.79 Å². The Labute approximate surface area is 126 Å². The maximum Gasteiger partial charge on any atom is 0.212 e. The van der Waals surface area contributed by atoms with Crippen molar-refractivity contribution in [2.24, 2.45) is 7.05 Å². The number of aromatic nitrogens is 2. The number of fused-ring (bicyclic) bond motifs is 1. The molecule has 0 unspecified atom stereocenters. The average molecular weight is 299 g/mol. The predicted molar refractivity (Wildman–Crippen MR) is 82.3 cm³/mol. The molecule has 2 heterocycles. The number of carbonyl (C=O) groups is 1. The lowest BCUT2D eigenvalue weighted by Crippen LogP contribution is -1.98. The summed E-state index contributed by atoms with van der Waals surface area (Å²) in [7, 11) is 3.34. The number of hydrogen-bond donors (Lipinski definition) is 1. The molecular weight excluding hydrogens is 285 g/mol. The van der Waals surface area contributed by atoms with E-state index >= 15 is 0 Å². The molecule has 1 N–H and O–H groups in total. The van der Waals surface area contributed by atoms with Crippen LogP contribution in [0.25, 0.3) is 22.2 Å². The van der Waals surface area contributed by atoms with Gasteiger partial charge in [0.05, 0.1) is 30.1 Å². The van der Waals surface area contributed by atoms with Crippen LogP contribution in [0, 0.1) is 5.82 Å². The molecule has 3 rings (SSSR count). The van der Waals surface area contributed by atoms with Crippen LogP contribution in [0.3, 0.4) is 0 Å². The number of aryl methyl sites for hydroxylation is 1. The van der Waals surface area contributed by atoms with Crippen molar-refractivity contribution in [3.8, 4) is 17.0 Å². The van der Waals surface area contributed by atoms with Crippen LogP contribution in [0.5, 0.6) is 5.75 Å². The highest BCUT2D eigenvalue weighted by atomic mass is 19.1. The molecule has 0 atom stereocenters. The highest BCUT2D eigenvalue weighted by molar-refractivity contribution is 5.90. The van der Waals surface area contributed by atoms with Crippen molar-refractivity contribution < 1.29 is 13.9 Å². The Bertz CT molecular complexity index is 858. The van der Waals surface area contributed by atoms with Crippen LogP contribution in [0.15, 0.2) is 36.5 Å². The first-order valence-electron chi connectivity index (χ1n) is 6.64. The number of nitrogens with zero attached hydrogens (tertiary/aromatic N) is 2. The van der Waals surface area contributed by atoms with Crippen LogP contribution in [0.2, 0.25) is 0 Å². The monoisotopic (exact) mass is 299 g/mol. The van der Waals surface area contributed by atoms with E-state index in [1.165, 1.54) is 13.2 Å². The summed E-state index contributed by atoms with van der Waals surface area (Å²) in [5.74, 6) is 0.551. The maximum atomic E-state index is 14.3. The highest BCUT2D eigenvalue weighted by Gasteiger charge is 2.17. The number of benzene rings is 1. The largest absolute Gasteiger partial charge is 0.496 e. The number of nitrogens with one attached hydrogen (secondary N) is 1. The smallest absolute Gasteiger partial charge is 0.212 e. The number of ether oxygens (including phenoxy) is 1. The summed E-state index contributed by atoms with van der Waals surface area (Å²) in [5, 5.41) is 3.35. The number of methoxy groups -OCH3 is 1. The third-order valence-corrected chi connectivity index (χ3v) is 3.59. The first kappa shape index (κ1) is 14.1. The summed E-state index contributed by atoms with van der Waals surface area (Å²) >= 11 is 0. The van der Waals surface area contributed by atoms with Gasteiger partial charge in [-0.25, -0.2) is 9.37 Å². The quantitative estimate of drug-likeness (QED) is 0.754. The third-order valence-electron chi connectivity index (χ3n) is 3.59. The zero-order chi connectivity index (χ0) is 15.7. The Morgan fingerprint density at radius 3 is 2.91 bits per heavy atom. The number of halogens is 1. The molecule has 112 valence electrons. The minimum absolute atomic E-state index is 0.357. The lowest BCUT2D eigenvalue weighted by Gasteiger charge is -2.10. The fraction of sp³-hybridized carbons (Fsp3) is 0.125. The van der Waals surface area contributed by atoms with Crippen LogP contribution in [-0.2, 0) is 11.8 Å². The molecule has 3 aromatic rings. The number of rotatable bonds is 4. The van der Waals surface area contributed by atoms with Crippen LogP contribution >= 0.6 is 0 Å². The molecule has 0 saturated carbocycles. The summed E-state index contributed by atoms with van der Waals surface area (Å²) in [4.78, 5) is 14.7. The number of carbonyl (C=O) groups excluding carboxylic acids is 1. The van der Waals surface area contributed by atoms with E-state index in [0.717, 1.165) is 10.9 Å². The Morgan fingerprint density at radius 2 is 2.18 bits per heavy atom. The zero-order valence-corrected chi connectivity index (χ0v) is 12.1. The van der Waals surface area contributed by atoms with Crippen molar-refractivity contribution in [3.05, 3.63) is 42.3 Å². The van der Waals surface area contributed by atoms with Gasteiger partial charge >= 0.3 is 0 Å². The summed E-state index contributed by atoms with van der Waals surface area (Å²) in [5.41, 5.74) is 1.90. The highest BCUT2D eigenvalue weighted by Crippen LogP contribution is 2.35. The topological polar surface area (TPSA) is 56.1 Å². The van der Waals surface area contributed by atoms with Gasteiger partial charge in [0.15, 0.2) is 0 Å². The fourth-order valence-corrected chi connectivity index (χ4v) is 2.54. The van der Waals surface area contributed by atoms with E-state index in [2.05, 4.69) is 10.3 Å². The SMILES string of the molecule is COc1cccc(F)c1-c1cc2cc(NC=O)ncc2n1C. The molecule has 0 spiro atoms. The molecule has 0 radical (unpaired) electrons. The Hall–Kier alpha value is -2.89. The van der Waals surface area contributed by atoms with E-state index in [0.29, 0.717) is 29.2 Å². The van der Waals surface area contributed by atoms with Gasteiger partial charge in [0.25, 0.3) is 0 Å². The Morgan fingerprint density at radius 1 is 1.36 bits per heavy atom. The fourth-order valence-electron chi connectivity index (χ4n) is 2.54. The second-order valence-electron chi connectivity index (χ2n) is 4.80. The van der Waals surface area contributed by atoms with Gasteiger partial charge in [0.1, 0.15) is 17.4 Å². The van der Waals surface area contributed by atoms with Crippen molar-refractivity contribution in [3.63, 3.8) is 0 Å².